The lowest BCUT2D eigenvalue weighted by Crippen LogP contribution is -2.24. The molecule has 3 heterocycles. The van der Waals surface area contributed by atoms with E-state index in [1.807, 2.05) is 61.5 Å². The minimum absolute atomic E-state index is 0.0970. The van der Waals surface area contributed by atoms with Crippen LogP contribution in [0.3, 0.4) is 0 Å². The Kier molecular flexibility index (Phi) is 6.70. The van der Waals surface area contributed by atoms with Crippen molar-refractivity contribution in [2.75, 3.05) is 7.11 Å². The molecule has 2 aromatic carbocycles. The minimum atomic E-state index is -0.0970. The summed E-state index contributed by atoms with van der Waals surface area (Å²) in [6.45, 7) is 2.21. The number of methoxy groups -OCH3 is 1. The van der Waals surface area contributed by atoms with Crippen LogP contribution in [0.4, 0.5) is 0 Å². The zero-order valence-electron chi connectivity index (χ0n) is 19.1. The first-order chi connectivity index (χ1) is 17.0. The maximum atomic E-state index is 13.4. The fourth-order valence-electron chi connectivity index (χ4n) is 3.71. The van der Waals surface area contributed by atoms with Gasteiger partial charge in [-0.25, -0.2) is 9.97 Å². The van der Waals surface area contributed by atoms with Crippen molar-refractivity contribution in [3.05, 3.63) is 98.8 Å². The SMILES string of the molecule is COc1ccc(Br)cc1-c1nc(CSc2nc3ccccc3c(=O)n2Cc2ccccn2)c(C)o1. The number of fused-ring (bicyclic) bond motifs is 1. The van der Waals surface area contributed by atoms with Gasteiger partial charge in [0.2, 0.25) is 5.89 Å². The number of aryl methyl sites for hydroxylation is 1. The average molecular weight is 549 g/mol. The number of ether oxygens (including phenoxy) is 1. The summed E-state index contributed by atoms with van der Waals surface area (Å²) in [5.41, 5.74) is 2.89. The van der Waals surface area contributed by atoms with Crippen molar-refractivity contribution in [1.29, 1.82) is 0 Å². The van der Waals surface area contributed by atoms with E-state index in [-0.39, 0.29) is 5.56 Å². The first-order valence-corrected chi connectivity index (χ1v) is 12.6. The summed E-state index contributed by atoms with van der Waals surface area (Å²) in [4.78, 5) is 27.3. The largest absolute Gasteiger partial charge is 0.496 e. The summed E-state index contributed by atoms with van der Waals surface area (Å²) >= 11 is 4.94. The normalized spacial score (nSPS) is 11.2. The van der Waals surface area contributed by atoms with E-state index in [2.05, 4.69) is 20.9 Å². The number of aromatic nitrogens is 4. The lowest BCUT2D eigenvalue weighted by Gasteiger charge is -2.12. The molecule has 0 aliphatic carbocycles. The molecule has 0 radical (unpaired) electrons. The molecular formula is C26H21BrN4O3S. The Bertz CT molecular complexity index is 1570. The highest BCUT2D eigenvalue weighted by molar-refractivity contribution is 9.10. The van der Waals surface area contributed by atoms with Crippen molar-refractivity contribution in [2.24, 2.45) is 0 Å². The second kappa shape index (κ2) is 10.1. The Labute approximate surface area is 214 Å². The molecule has 0 fully saturated rings. The third-order valence-corrected chi connectivity index (χ3v) is 6.98. The molecule has 5 rings (SSSR count). The predicted molar refractivity (Wildman–Crippen MR) is 140 cm³/mol. The van der Waals surface area contributed by atoms with E-state index < -0.39 is 0 Å². The van der Waals surface area contributed by atoms with E-state index in [9.17, 15) is 4.79 Å². The third kappa shape index (κ3) is 4.87. The van der Waals surface area contributed by atoms with Crippen molar-refractivity contribution < 1.29 is 9.15 Å². The van der Waals surface area contributed by atoms with Gasteiger partial charge in [0.15, 0.2) is 5.16 Å². The van der Waals surface area contributed by atoms with Crippen molar-refractivity contribution in [3.63, 3.8) is 0 Å². The molecule has 0 spiro atoms. The number of thioether (sulfide) groups is 1. The molecule has 3 aromatic heterocycles. The van der Waals surface area contributed by atoms with Crippen molar-refractivity contribution in [3.8, 4) is 17.2 Å². The van der Waals surface area contributed by atoms with Crippen molar-refractivity contribution in [1.82, 2.24) is 19.5 Å². The molecule has 5 aromatic rings. The highest BCUT2D eigenvalue weighted by Crippen LogP contribution is 2.34. The Morgan fingerprint density at radius 2 is 1.91 bits per heavy atom. The molecule has 35 heavy (non-hydrogen) atoms. The van der Waals surface area contributed by atoms with Crippen molar-refractivity contribution >= 4 is 38.6 Å². The van der Waals surface area contributed by atoms with Gasteiger partial charge in [0.25, 0.3) is 5.56 Å². The molecule has 0 N–H and O–H groups in total. The smallest absolute Gasteiger partial charge is 0.262 e. The molecule has 0 saturated carbocycles. The third-order valence-electron chi connectivity index (χ3n) is 5.50. The number of benzene rings is 2. The molecule has 0 bridgehead atoms. The van der Waals surface area contributed by atoms with E-state index in [0.29, 0.717) is 45.8 Å². The number of para-hydroxylation sites is 1. The highest BCUT2D eigenvalue weighted by atomic mass is 79.9. The van der Waals surface area contributed by atoms with Gasteiger partial charge in [0.05, 0.1) is 41.5 Å². The van der Waals surface area contributed by atoms with E-state index in [1.165, 1.54) is 11.8 Å². The molecule has 176 valence electrons. The second-order valence-electron chi connectivity index (χ2n) is 7.78. The topological polar surface area (TPSA) is 83.0 Å². The quantitative estimate of drug-likeness (QED) is 0.186. The Hall–Kier alpha value is -3.43. The molecule has 0 aliphatic heterocycles. The van der Waals surface area contributed by atoms with Crippen LogP contribution < -0.4 is 10.3 Å². The van der Waals surface area contributed by atoms with Crippen LogP contribution in [0.25, 0.3) is 22.4 Å². The lowest BCUT2D eigenvalue weighted by molar-refractivity contribution is 0.414. The van der Waals surface area contributed by atoms with Gasteiger partial charge >= 0.3 is 0 Å². The average Bonchev–Trinajstić information content (AvgIpc) is 3.25. The molecule has 0 amide bonds. The number of halogens is 1. The van der Waals surface area contributed by atoms with Gasteiger partial charge < -0.3 is 9.15 Å². The number of oxazole rings is 1. The van der Waals surface area contributed by atoms with Crippen LogP contribution >= 0.6 is 27.7 Å². The summed E-state index contributed by atoms with van der Waals surface area (Å²) < 4.78 is 14.0. The first-order valence-electron chi connectivity index (χ1n) is 10.9. The molecular weight excluding hydrogens is 528 g/mol. The van der Waals surface area contributed by atoms with Crippen LogP contribution in [0.1, 0.15) is 17.1 Å². The molecule has 7 nitrogen and oxygen atoms in total. The Balaban J connectivity index is 1.49. The fraction of sp³-hybridized carbons (Fsp3) is 0.154. The van der Waals surface area contributed by atoms with Crippen LogP contribution in [0.2, 0.25) is 0 Å². The zero-order valence-corrected chi connectivity index (χ0v) is 21.5. The van der Waals surface area contributed by atoms with Crippen molar-refractivity contribution in [2.45, 2.75) is 24.4 Å². The predicted octanol–water partition coefficient (Wildman–Crippen LogP) is 5.87. The van der Waals surface area contributed by atoms with E-state index in [4.69, 9.17) is 19.1 Å². The van der Waals surface area contributed by atoms with Gasteiger partial charge in [-0.3, -0.25) is 14.3 Å². The van der Waals surface area contributed by atoms with E-state index in [1.54, 1.807) is 23.9 Å². The second-order valence-corrected chi connectivity index (χ2v) is 9.64. The van der Waals surface area contributed by atoms with Gasteiger partial charge in [-0.05, 0) is 49.4 Å². The first kappa shape index (κ1) is 23.3. The van der Waals surface area contributed by atoms with Gasteiger partial charge in [-0.15, -0.1) is 0 Å². The number of pyridine rings is 1. The molecule has 0 atom stereocenters. The number of hydrogen-bond acceptors (Lipinski definition) is 7. The molecule has 0 aliphatic rings. The van der Waals surface area contributed by atoms with Crippen LogP contribution in [-0.4, -0.2) is 26.6 Å². The number of rotatable bonds is 7. The van der Waals surface area contributed by atoms with E-state index >= 15 is 0 Å². The van der Waals surface area contributed by atoms with Gasteiger partial charge in [0.1, 0.15) is 11.5 Å². The van der Waals surface area contributed by atoms with Gasteiger partial charge in [-0.2, -0.15) is 0 Å². The summed E-state index contributed by atoms with van der Waals surface area (Å²) in [5.74, 6) is 2.34. The van der Waals surface area contributed by atoms with Crippen LogP contribution in [0.15, 0.2) is 85.7 Å². The zero-order chi connectivity index (χ0) is 24.4. The summed E-state index contributed by atoms with van der Waals surface area (Å²) in [5, 5.41) is 1.18. The number of nitrogens with zero attached hydrogens (tertiary/aromatic N) is 4. The Morgan fingerprint density at radius 3 is 2.71 bits per heavy atom. The van der Waals surface area contributed by atoms with Gasteiger partial charge in [0, 0.05) is 16.4 Å². The minimum Gasteiger partial charge on any atom is -0.496 e. The maximum absolute atomic E-state index is 13.4. The van der Waals surface area contributed by atoms with E-state index in [0.717, 1.165) is 21.4 Å². The summed E-state index contributed by atoms with van der Waals surface area (Å²) in [6.07, 6.45) is 1.72. The lowest BCUT2D eigenvalue weighted by atomic mass is 10.2. The standard InChI is InChI=1S/C26H21BrN4O3S/c1-16-22(29-24(34-16)20-13-17(27)10-11-23(20)33-2)15-35-26-30-21-9-4-3-8-19(21)25(32)31(26)14-18-7-5-6-12-28-18/h3-13H,14-15H2,1-2H3. The van der Waals surface area contributed by atoms with Crippen LogP contribution in [0.5, 0.6) is 5.75 Å². The maximum Gasteiger partial charge on any atom is 0.262 e. The number of hydrogen-bond donors (Lipinski definition) is 0. The Morgan fingerprint density at radius 1 is 1.09 bits per heavy atom. The monoisotopic (exact) mass is 548 g/mol. The molecule has 0 unspecified atom stereocenters. The van der Waals surface area contributed by atoms with Crippen LogP contribution in [-0.2, 0) is 12.3 Å². The van der Waals surface area contributed by atoms with Crippen LogP contribution in [0, 0.1) is 6.92 Å². The highest BCUT2D eigenvalue weighted by Gasteiger charge is 2.18. The fourth-order valence-corrected chi connectivity index (χ4v) is 5.07. The molecule has 0 saturated heterocycles. The summed E-state index contributed by atoms with van der Waals surface area (Å²) in [7, 11) is 1.62. The summed E-state index contributed by atoms with van der Waals surface area (Å²) in [6, 6.07) is 18.7. The van der Waals surface area contributed by atoms with Gasteiger partial charge in [-0.1, -0.05) is 45.9 Å². The molecule has 9 heteroatoms.